The SMILES string of the molecule is CCOc1cc(C(=O)Cl)ccc1OCc1ccc(F)cc1Cl. The number of rotatable bonds is 6. The van der Waals surface area contributed by atoms with E-state index in [1.807, 2.05) is 6.92 Å². The fraction of sp³-hybridized carbons (Fsp3) is 0.188. The molecule has 0 amide bonds. The highest BCUT2D eigenvalue weighted by Gasteiger charge is 2.11. The Morgan fingerprint density at radius 1 is 1.14 bits per heavy atom. The van der Waals surface area contributed by atoms with Crippen LogP contribution < -0.4 is 9.47 Å². The van der Waals surface area contributed by atoms with Crippen LogP contribution in [0.2, 0.25) is 5.02 Å². The van der Waals surface area contributed by atoms with E-state index in [1.54, 1.807) is 18.2 Å². The van der Waals surface area contributed by atoms with Gasteiger partial charge in [0.2, 0.25) is 0 Å². The molecule has 0 atom stereocenters. The lowest BCUT2D eigenvalue weighted by Gasteiger charge is -2.13. The van der Waals surface area contributed by atoms with Gasteiger partial charge < -0.3 is 9.47 Å². The first-order valence-electron chi connectivity index (χ1n) is 6.54. The van der Waals surface area contributed by atoms with Crippen molar-refractivity contribution in [3.05, 3.63) is 58.4 Å². The third-order valence-electron chi connectivity index (χ3n) is 2.87. The van der Waals surface area contributed by atoms with E-state index in [4.69, 9.17) is 32.7 Å². The molecule has 0 saturated heterocycles. The smallest absolute Gasteiger partial charge is 0.252 e. The van der Waals surface area contributed by atoms with Crippen LogP contribution in [0.4, 0.5) is 4.39 Å². The van der Waals surface area contributed by atoms with Crippen LogP contribution in [0.5, 0.6) is 11.5 Å². The lowest BCUT2D eigenvalue weighted by atomic mass is 10.2. The van der Waals surface area contributed by atoms with Crippen LogP contribution in [0.25, 0.3) is 0 Å². The average molecular weight is 343 g/mol. The molecule has 2 aromatic carbocycles. The first-order valence-corrected chi connectivity index (χ1v) is 7.30. The molecular formula is C16H13Cl2FO3. The van der Waals surface area contributed by atoms with Gasteiger partial charge in [-0.1, -0.05) is 17.7 Å². The maximum absolute atomic E-state index is 13.0. The van der Waals surface area contributed by atoms with Gasteiger partial charge in [-0.3, -0.25) is 4.79 Å². The zero-order valence-electron chi connectivity index (χ0n) is 11.7. The summed E-state index contributed by atoms with van der Waals surface area (Å²) in [5, 5.41) is -0.292. The first kappa shape index (κ1) is 16.6. The molecule has 0 radical (unpaired) electrons. The number of carbonyl (C=O) groups is 1. The molecule has 0 spiro atoms. The van der Waals surface area contributed by atoms with Crippen molar-refractivity contribution in [3.63, 3.8) is 0 Å². The van der Waals surface area contributed by atoms with Gasteiger partial charge in [-0.2, -0.15) is 0 Å². The number of ether oxygens (including phenoxy) is 2. The van der Waals surface area contributed by atoms with Crippen LogP contribution in [0.1, 0.15) is 22.8 Å². The van der Waals surface area contributed by atoms with Crippen LogP contribution in [0, 0.1) is 5.82 Å². The van der Waals surface area contributed by atoms with Gasteiger partial charge in [0.05, 0.1) is 11.6 Å². The molecule has 0 N–H and O–H groups in total. The van der Waals surface area contributed by atoms with Gasteiger partial charge in [-0.05, 0) is 48.9 Å². The number of halogens is 3. The molecule has 0 aliphatic rings. The van der Waals surface area contributed by atoms with Crippen molar-refractivity contribution in [2.75, 3.05) is 6.61 Å². The van der Waals surface area contributed by atoms with Gasteiger partial charge in [0, 0.05) is 11.1 Å². The fourth-order valence-electron chi connectivity index (χ4n) is 1.81. The summed E-state index contributed by atoms with van der Waals surface area (Å²) in [5.74, 6) is 0.449. The van der Waals surface area contributed by atoms with E-state index in [9.17, 15) is 9.18 Å². The van der Waals surface area contributed by atoms with Gasteiger partial charge in [-0.15, -0.1) is 0 Å². The number of benzene rings is 2. The second kappa shape index (κ2) is 7.47. The molecule has 0 aliphatic heterocycles. The van der Waals surface area contributed by atoms with Crippen molar-refractivity contribution in [1.29, 1.82) is 0 Å². The summed E-state index contributed by atoms with van der Waals surface area (Å²) in [5.41, 5.74) is 0.959. The standard InChI is InChI=1S/C16H13Cl2FO3/c1-2-21-15-7-10(16(18)20)4-6-14(15)22-9-11-3-5-12(19)8-13(11)17/h3-8H,2,9H2,1H3. The zero-order valence-corrected chi connectivity index (χ0v) is 13.2. The predicted octanol–water partition coefficient (Wildman–Crippen LogP) is 4.84. The van der Waals surface area contributed by atoms with Crippen LogP contribution in [0.3, 0.4) is 0 Å². The molecule has 2 rings (SSSR count). The van der Waals surface area contributed by atoms with Gasteiger partial charge >= 0.3 is 0 Å². The highest BCUT2D eigenvalue weighted by atomic mass is 35.5. The first-order chi connectivity index (χ1) is 10.5. The summed E-state index contributed by atoms with van der Waals surface area (Å²) >= 11 is 11.4. The molecule has 0 saturated carbocycles. The summed E-state index contributed by atoms with van der Waals surface area (Å²) in [7, 11) is 0. The van der Waals surface area contributed by atoms with Crippen LogP contribution >= 0.6 is 23.2 Å². The topological polar surface area (TPSA) is 35.5 Å². The zero-order chi connectivity index (χ0) is 16.1. The lowest BCUT2D eigenvalue weighted by Crippen LogP contribution is -2.01. The Labute approximate surface area is 137 Å². The monoisotopic (exact) mass is 342 g/mol. The maximum Gasteiger partial charge on any atom is 0.252 e. The van der Waals surface area contributed by atoms with Crippen LogP contribution in [-0.4, -0.2) is 11.8 Å². The number of carbonyl (C=O) groups excluding carboxylic acids is 1. The van der Waals surface area contributed by atoms with Crippen LogP contribution in [0.15, 0.2) is 36.4 Å². The molecule has 0 bridgehead atoms. The van der Waals surface area contributed by atoms with Gasteiger partial charge in [0.15, 0.2) is 11.5 Å². The Morgan fingerprint density at radius 2 is 1.91 bits per heavy atom. The van der Waals surface area contributed by atoms with E-state index in [0.717, 1.165) is 0 Å². The van der Waals surface area contributed by atoms with E-state index < -0.39 is 11.1 Å². The maximum atomic E-state index is 13.0. The van der Waals surface area contributed by atoms with Crippen molar-refractivity contribution < 1.29 is 18.7 Å². The average Bonchev–Trinajstić information content (AvgIpc) is 2.47. The minimum Gasteiger partial charge on any atom is -0.490 e. The van der Waals surface area contributed by atoms with E-state index in [2.05, 4.69) is 0 Å². The van der Waals surface area contributed by atoms with Crippen molar-refractivity contribution in [1.82, 2.24) is 0 Å². The molecule has 22 heavy (non-hydrogen) atoms. The molecule has 6 heteroatoms. The Hall–Kier alpha value is -1.78. The predicted molar refractivity (Wildman–Crippen MR) is 83.5 cm³/mol. The molecule has 0 aliphatic carbocycles. The summed E-state index contributed by atoms with van der Waals surface area (Å²) < 4.78 is 24.1. The van der Waals surface area contributed by atoms with Crippen molar-refractivity contribution in [2.45, 2.75) is 13.5 Å². The molecule has 116 valence electrons. The minimum absolute atomic E-state index is 0.146. The minimum atomic E-state index is -0.575. The second-order valence-electron chi connectivity index (χ2n) is 4.39. The molecule has 3 nitrogen and oxygen atoms in total. The number of hydrogen-bond acceptors (Lipinski definition) is 3. The van der Waals surface area contributed by atoms with E-state index >= 15 is 0 Å². The van der Waals surface area contributed by atoms with Gasteiger partial charge in [0.1, 0.15) is 12.4 Å². The Morgan fingerprint density at radius 3 is 2.55 bits per heavy atom. The lowest BCUT2D eigenvalue weighted by molar-refractivity contribution is 0.108. The summed E-state index contributed by atoms with van der Waals surface area (Å²) in [4.78, 5) is 11.2. The van der Waals surface area contributed by atoms with E-state index in [1.165, 1.54) is 18.2 Å². The Bertz CT molecular complexity index is 689. The van der Waals surface area contributed by atoms with Gasteiger partial charge in [-0.25, -0.2) is 4.39 Å². The van der Waals surface area contributed by atoms with E-state index in [0.29, 0.717) is 29.2 Å². The summed E-state index contributed by atoms with van der Waals surface area (Å²) in [6, 6.07) is 8.73. The largest absolute Gasteiger partial charge is 0.490 e. The Balaban J connectivity index is 2.19. The van der Waals surface area contributed by atoms with Crippen molar-refractivity contribution >= 4 is 28.4 Å². The molecule has 0 fully saturated rings. The van der Waals surface area contributed by atoms with Crippen molar-refractivity contribution in [2.24, 2.45) is 0 Å². The highest BCUT2D eigenvalue weighted by Crippen LogP contribution is 2.30. The second-order valence-corrected chi connectivity index (χ2v) is 5.14. The third-order valence-corrected chi connectivity index (χ3v) is 3.44. The third kappa shape index (κ3) is 4.12. The van der Waals surface area contributed by atoms with Crippen molar-refractivity contribution in [3.8, 4) is 11.5 Å². The molecule has 0 aromatic heterocycles. The normalized spacial score (nSPS) is 10.4. The molecular weight excluding hydrogens is 330 g/mol. The molecule has 2 aromatic rings. The number of hydrogen-bond donors (Lipinski definition) is 0. The van der Waals surface area contributed by atoms with Crippen LogP contribution in [-0.2, 0) is 6.61 Å². The van der Waals surface area contributed by atoms with E-state index in [-0.39, 0.29) is 11.6 Å². The van der Waals surface area contributed by atoms with Gasteiger partial charge in [0.25, 0.3) is 5.24 Å². The summed E-state index contributed by atoms with van der Waals surface area (Å²) in [6.07, 6.45) is 0. The summed E-state index contributed by atoms with van der Waals surface area (Å²) in [6.45, 7) is 2.37. The molecule has 0 unspecified atom stereocenters. The highest BCUT2D eigenvalue weighted by molar-refractivity contribution is 6.67. The fourth-order valence-corrected chi connectivity index (χ4v) is 2.15. The quantitative estimate of drug-likeness (QED) is 0.705. The molecule has 0 heterocycles. The Kier molecular flexibility index (Phi) is 5.63.